The summed E-state index contributed by atoms with van der Waals surface area (Å²) in [7, 11) is 0. The Kier molecular flexibility index (Phi) is 5.27. The first-order chi connectivity index (χ1) is 7.21. The minimum absolute atomic E-state index is 0.962. The first kappa shape index (κ1) is 13.1. The van der Waals surface area contributed by atoms with Gasteiger partial charge in [0.2, 0.25) is 0 Å². The van der Waals surface area contributed by atoms with E-state index in [2.05, 4.69) is 43.6 Å². The smallest absolute Gasteiger partial charge is 0.104 e. The molecule has 2 aliphatic rings. The van der Waals surface area contributed by atoms with E-state index in [1.54, 1.807) is 25.7 Å². The first-order valence-corrected chi connectivity index (χ1v) is 15.0. The molecule has 0 bridgehead atoms. The van der Waals surface area contributed by atoms with E-state index in [1.165, 1.54) is 38.5 Å². The number of hydrogen-bond donors (Lipinski definition) is 0. The summed E-state index contributed by atoms with van der Waals surface area (Å²) in [4.78, 5) is 0. The highest BCUT2D eigenvalue weighted by atomic mass is 127. The second-order valence-electron chi connectivity index (χ2n) is 5.34. The number of halogens is 2. The van der Waals surface area contributed by atoms with Crippen LogP contribution in [0.2, 0.25) is 11.1 Å². The van der Waals surface area contributed by atoms with Crippen molar-refractivity contribution in [3.63, 3.8) is 0 Å². The van der Waals surface area contributed by atoms with Crippen molar-refractivity contribution in [1.29, 1.82) is 0 Å². The second kappa shape index (κ2) is 6.02. The van der Waals surface area contributed by atoms with Gasteiger partial charge in [-0.25, -0.2) is 0 Å². The normalized spacial score (nSPS) is 26.8. The third-order valence-electron chi connectivity index (χ3n) is 4.30. The molecule has 0 saturated heterocycles. The molecule has 3 heteroatoms. The Labute approximate surface area is 121 Å². The van der Waals surface area contributed by atoms with Crippen LogP contribution in [0.25, 0.3) is 0 Å². The quantitative estimate of drug-likeness (QED) is 0.278. The van der Waals surface area contributed by atoms with E-state index < -0.39 is 3.07 Å². The molecule has 0 aliphatic heterocycles. The van der Waals surface area contributed by atoms with Crippen molar-refractivity contribution in [2.24, 2.45) is 0 Å². The van der Waals surface area contributed by atoms with Crippen LogP contribution in [0, 0.1) is 0 Å². The van der Waals surface area contributed by atoms with Crippen LogP contribution in [0.4, 0.5) is 0 Å². The van der Waals surface area contributed by atoms with Gasteiger partial charge in [-0.1, -0.05) is 64.2 Å². The maximum Gasteiger partial charge on any atom is 0.197 e. The Balaban J connectivity index is 1.96. The predicted molar refractivity (Wildman–Crippen MR) is 87.5 cm³/mol. The van der Waals surface area contributed by atoms with Gasteiger partial charge in [-0.3, -0.25) is 0 Å². The Bertz CT molecular complexity index is 174. The van der Waals surface area contributed by atoms with Gasteiger partial charge in [0.1, 0.15) is 0 Å². The van der Waals surface area contributed by atoms with Crippen molar-refractivity contribution >= 4 is 46.7 Å². The molecule has 0 aromatic carbocycles. The average Bonchev–Trinajstić information content (AvgIpc) is 2.31. The van der Waals surface area contributed by atoms with Crippen LogP contribution in [0.5, 0.6) is 0 Å². The molecule has 0 spiro atoms. The molecule has 2 aliphatic carbocycles. The summed E-state index contributed by atoms with van der Waals surface area (Å²) in [5.41, 5.74) is 2.30. The molecule has 0 atom stereocenters. The Morgan fingerprint density at radius 2 is 0.933 bits per heavy atom. The molecule has 15 heavy (non-hydrogen) atoms. The summed E-state index contributed by atoms with van der Waals surface area (Å²) in [5, 5.41) is 0. The third-order valence-corrected chi connectivity index (χ3v) is 18.2. The van der Waals surface area contributed by atoms with Gasteiger partial charge < -0.3 is 0 Å². The van der Waals surface area contributed by atoms with Crippen molar-refractivity contribution in [3.8, 4) is 0 Å². The van der Waals surface area contributed by atoms with Gasteiger partial charge in [-0.15, -0.1) is 43.6 Å². The molecule has 0 unspecified atom stereocenters. The molecule has 0 aromatic heterocycles. The van der Waals surface area contributed by atoms with Crippen LogP contribution in [-0.2, 0) is 0 Å². The van der Waals surface area contributed by atoms with Crippen LogP contribution in [0.1, 0.15) is 64.2 Å². The fraction of sp³-hybridized carbons (Fsp3) is 1.00. The fourth-order valence-electron chi connectivity index (χ4n) is 3.31. The summed E-state index contributed by atoms with van der Waals surface area (Å²) in [6.45, 7) is 0. The van der Waals surface area contributed by atoms with Crippen molar-refractivity contribution in [2.45, 2.75) is 75.3 Å². The van der Waals surface area contributed by atoms with Crippen LogP contribution in [0.3, 0.4) is 0 Å². The van der Waals surface area contributed by atoms with Crippen LogP contribution < -0.4 is 0 Å². The molecule has 0 heterocycles. The van der Waals surface area contributed by atoms with Gasteiger partial charge in [-0.05, 0) is 11.1 Å². The Morgan fingerprint density at radius 1 is 0.600 bits per heavy atom. The highest BCUT2D eigenvalue weighted by Gasteiger charge is 2.43. The standard InChI is InChI=1S/C12H22I2Si/c13-15(14,11-7-3-1-4-8-11)12-9-5-2-6-10-12/h11-12H,1-10H2. The van der Waals surface area contributed by atoms with Crippen molar-refractivity contribution in [3.05, 3.63) is 0 Å². The zero-order valence-electron chi connectivity index (χ0n) is 9.48. The molecule has 2 fully saturated rings. The van der Waals surface area contributed by atoms with Crippen molar-refractivity contribution < 1.29 is 0 Å². The van der Waals surface area contributed by atoms with Gasteiger partial charge in [0.15, 0.2) is 3.07 Å². The number of hydrogen-bond acceptors (Lipinski definition) is 0. The van der Waals surface area contributed by atoms with E-state index in [1.807, 2.05) is 0 Å². The minimum Gasteiger partial charge on any atom is -0.104 e. The van der Waals surface area contributed by atoms with E-state index in [0.717, 1.165) is 11.1 Å². The van der Waals surface area contributed by atoms with Gasteiger partial charge in [0.25, 0.3) is 0 Å². The largest absolute Gasteiger partial charge is 0.197 e. The maximum atomic E-state index is 2.94. The molecule has 88 valence electrons. The van der Waals surface area contributed by atoms with Crippen LogP contribution >= 0.6 is 43.6 Å². The Hall–Kier alpha value is 1.68. The summed E-state index contributed by atoms with van der Waals surface area (Å²) < 4.78 is -0.962. The van der Waals surface area contributed by atoms with E-state index in [-0.39, 0.29) is 0 Å². The SMILES string of the molecule is I[Si](I)(C1CCCCC1)C1CCCCC1. The minimum atomic E-state index is -0.962. The van der Waals surface area contributed by atoms with E-state index in [0.29, 0.717) is 0 Å². The predicted octanol–water partition coefficient (Wildman–Crippen LogP) is 5.97. The van der Waals surface area contributed by atoms with Gasteiger partial charge >= 0.3 is 0 Å². The zero-order chi connectivity index (χ0) is 10.7. The molecule has 0 radical (unpaired) electrons. The zero-order valence-corrected chi connectivity index (χ0v) is 14.8. The van der Waals surface area contributed by atoms with Crippen molar-refractivity contribution in [1.82, 2.24) is 0 Å². The third kappa shape index (κ3) is 3.33. The van der Waals surface area contributed by atoms with E-state index in [9.17, 15) is 0 Å². The van der Waals surface area contributed by atoms with Gasteiger partial charge in [0, 0.05) is 0 Å². The molecular formula is C12H22I2Si. The highest BCUT2D eigenvalue weighted by molar-refractivity contribution is 14.3. The Morgan fingerprint density at radius 3 is 1.27 bits per heavy atom. The first-order valence-electron chi connectivity index (χ1n) is 6.59. The molecule has 2 rings (SSSR count). The summed E-state index contributed by atoms with van der Waals surface area (Å²) >= 11 is 5.88. The van der Waals surface area contributed by atoms with E-state index >= 15 is 0 Å². The fourth-order valence-corrected chi connectivity index (χ4v) is 13.8. The van der Waals surface area contributed by atoms with Gasteiger partial charge in [-0.2, -0.15) is 0 Å². The van der Waals surface area contributed by atoms with Crippen LogP contribution in [0.15, 0.2) is 0 Å². The lowest BCUT2D eigenvalue weighted by Gasteiger charge is -2.39. The molecule has 0 aromatic rings. The highest BCUT2D eigenvalue weighted by Crippen LogP contribution is 2.54. The monoisotopic (exact) mass is 448 g/mol. The molecule has 0 N–H and O–H groups in total. The molecule has 2 saturated carbocycles. The topological polar surface area (TPSA) is 0 Å². The average molecular weight is 448 g/mol. The maximum absolute atomic E-state index is 2.94. The summed E-state index contributed by atoms with van der Waals surface area (Å²) in [6, 6.07) is 0. The van der Waals surface area contributed by atoms with Gasteiger partial charge in [0.05, 0.1) is 0 Å². The molecular weight excluding hydrogens is 426 g/mol. The molecule has 0 nitrogen and oxygen atoms in total. The second-order valence-corrected chi connectivity index (χ2v) is 25.2. The number of rotatable bonds is 2. The summed E-state index contributed by atoms with van der Waals surface area (Å²) in [5.74, 6) is 0. The molecule has 0 amide bonds. The lowest BCUT2D eigenvalue weighted by Crippen LogP contribution is -2.34. The lowest BCUT2D eigenvalue weighted by molar-refractivity contribution is 0.468. The van der Waals surface area contributed by atoms with Crippen LogP contribution in [-0.4, -0.2) is 3.07 Å². The lowest BCUT2D eigenvalue weighted by atomic mass is 9.99. The summed E-state index contributed by atoms with van der Waals surface area (Å²) in [6.07, 6.45) is 15.4. The van der Waals surface area contributed by atoms with Crippen molar-refractivity contribution in [2.75, 3.05) is 0 Å². The van der Waals surface area contributed by atoms with E-state index in [4.69, 9.17) is 0 Å².